The van der Waals surface area contributed by atoms with Crippen LogP contribution in [0.1, 0.15) is 31.3 Å². The second-order valence-electron chi connectivity index (χ2n) is 8.34. The monoisotopic (exact) mass is 644 g/mol. The molecule has 229 valence electrons. The van der Waals surface area contributed by atoms with Gasteiger partial charge in [-0.2, -0.15) is 10.5 Å². The van der Waals surface area contributed by atoms with Crippen LogP contribution in [0.2, 0.25) is 0 Å². The molecule has 3 heterocycles. The molecule has 0 spiro atoms. The molecule has 6 rings (SSSR count). The first-order valence-electron chi connectivity index (χ1n) is 12.5. The van der Waals surface area contributed by atoms with E-state index in [0.29, 0.717) is 19.6 Å². The molecule has 1 radical (unpaired) electrons. The summed E-state index contributed by atoms with van der Waals surface area (Å²) in [6.45, 7) is 4.83. The van der Waals surface area contributed by atoms with Gasteiger partial charge in [0, 0.05) is 13.8 Å². The Labute approximate surface area is 261 Å². The number of hydrogen-bond acceptors (Lipinski definition) is 12. The number of nitrogens with zero attached hydrogens (tertiary/aromatic N) is 8. The van der Waals surface area contributed by atoms with E-state index in [9.17, 15) is 0 Å². The maximum atomic E-state index is 8.00. The summed E-state index contributed by atoms with van der Waals surface area (Å²) in [5.74, 6) is 2.77. The third-order valence-corrected chi connectivity index (χ3v) is 5.44. The average Bonchev–Trinajstić information content (AvgIpc) is 3.70. The number of nitriles is 2. The molecule has 6 aromatic rings. The molecule has 0 aliphatic rings. The summed E-state index contributed by atoms with van der Waals surface area (Å²) >= 11 is 0. The van der Waals surface area contributed by atoms with Gasteiger partial charge in [-0.25, -0.2) is 15.0 Å². The number of nitrogens with one attached hydrogen (secondary N) is 3. The van der Waals surface area contributed by atoms with Crippen LogP contribution in [0.5, 0.6) is 0 Å². The molecule has 0 atom stereocenters. The molecule has 3 aromatic heterocycles. The standard InChI is InChI=1S/C24H21N7.2C2H3N.Cu.2HNO2/c1-2-8-17-16(7-1)25-22(26-17)13-31(14-23-27-18-9-3-4-10-19(18)28-23)15-24-29-20-11-5-6-12-21(20)30-24;2*1-2-3;;2*2-1-3/h1-12H,13-15H2,(H,25,26)(H,27,28)(H,29,30);2*1H3;;2*(H,2,3)/q;;;+2;;/p-2. The van der Waals surface area contributed by atoms with Crippen molar-refractivity contribution in [1.82, 2.24) is 34.8 Å². The smallest absolute Gasteiger partial charge is 0.444 e. The Balaban J connectivity index is 0.000000652. The summed E-state index contributed by atoms with van der Waals surface area (Å²) in [6, 6.07) is 27.8. The molecule has 0 unspecified atom stereocenters. The van der Waals surface area contributed by atoms with Crippen molar-refractivity contribution in [3.8, 4) is 12.1 Å². The average molecular weight is 645 g/mol. The van der Waals surface area contributed by atoms with Gasteiger partial charge in [0.15, 0.2) is 0 Å². The van der Waals surface area contributed by atoms with Crippen LogP contribution in [0.15, 0.2) is 83.5 Å². The van der Waals surface area contributed by atoms with Gasteiger partial charge >= 0.3 is 17.1 Å². The fraction of sp³-hybridized carbons (Fsp3) is 0.179. The first-order chi connectivity index (χ1) is 21.0. The Morgan fingerprint density at radius 3 is 1.09 bits per heavy atom. The van der Waals surface area contributed by atoms with E-state index in [4.69, 9.17) is 45.7 Å². The number of hydrogen-bond donors (Lipinski definition) is 3. The molecule has 44 heavy (non-hydrogen) atoms. The predicted molar refractivity (Wildman–Crippen MR) is 162 cm³/mol. The van der Waals surface area contributed by atoms with Gasteiger partial charge in [-0.05, 0) is 36.4 Å². The maximum Gasteiger partial charge on any atom is 2.00 e. The van der Waals surface area contributed by atoms with Crippen molar-refractivity contribution in [3.05, 3.63) is 110 Å². The summed E-state index contributed by atoms with van der Waals surface area (Å²) in [7, 11) is 0. The van der Waals surface area contributed by atoms with Crippen LogP contribution in [0, 0.1) is 42.9 Å². The van der Waals surface area contributed by atoms with Crippen molar-refractivity contribution in [2.24, 2.45) is 10.7 Å². The first-order valence-corrected chi connectivity index (χ1v) is 12.5. The zero-order valence-electron chi connectivity index (χ0n) is 23.6. The molecule has 0 amide bonds. The minimum atomic E-state index is 0. The fourth-order valence-electron chi connectivity index (χ4n) is 4.04. The predicted octanol–water partition coefficient (Wildman–Crippen LogP) is 6.08. The third-order valence-electron chi connectivity index (χ3n) is 5.44. The Bertz CT molecular complexity index is 1510. The van der Waals surface area contributed by atoms with Crippen molar-refractivity contribution in [2.45, 2.75) is 33.5 Å². The maximum absolute atomic E-state index is 8.00. The number of benzene rings is 3. The number of aromatic amines is 3. The summed E-state index contributed by atoms with van der Waals surface area (Å²) in [4.78, 5) is 42.9. The van der Waals surface area contributed by atoms with Crippen LogP contribution < -0.4 is 0 Å². The molecule has 0 saturated carbocycles. The number of aromatic nitrogens is 6. The van der Waals surface area contributed by atoms with Crippen molar-refractivity contribution >= 4 is 33.1 Å². The molecular formula is C28H27CuN11O4. The van der Waals surface area contributed by atoms with E-state index in [-0.39, 0.29) is 17.1 Å². The van der Waals surface area contributed by atoms with E-state index in [1.54, 1.807) is 12.1 Å². The molecule has 16 heteroatoms. The van der Waals surface area contributed by atoms with E-state index in [1.165, 1.54) is 13.8 Å². The zero-order chi connectivity index (χ0) is 31.5. The summed E-state index contributed by atoms with van der Waals surface area (Å²) in [5.41, 5.74) is 6.07. The summed E-state index contributed by atoms with van der Waals surface area (Å²) in [6.07, 6.45) is 0. The van der Waals surface area contributed by atoms with Gasteiger partial charge in [-0.15, -0.1) is 10.7 Å². The molecule has 3 N–H and O–H groups in total. The fourth-order valence-corrected chi connectivity index (χ4v) is 4.04. The minimum absolute atomic E-state index is 0. The quantitative estimate of drug-likeness (QED) is 0.107. The molecule has 3 aromatic carbocycles. The first kappa shape index (κ1) is 36.4. The minimum Gasteiger partial charge on any atom is -0.444 e. The Hall–Kier alpha value is -5.67. The van der Waals surface area contributed by atoms with Gasteiger partial charge in [-0.1, -0.05) is 36.4 Å². The third kappa shape index (κ3) is 11.3. The zero-order valence-corrected chi connectivity index (χ0v) is 24.5. The normalized spacial score (nSPS) is 9.30. The van der Waals surface area contributed by atoms with Crippen LogP contribution in [0.4, 0.5) is 0 Å². The van der Waals surface area contributed by atoms with Gasteiger partial charge in [0.25, 0.3) is 0 Å². The van der Waals surface area contributed by atoms with Crippen LogP contribution >= 0.6 is 0 Å². The van der Waals surface area contributed by atoms with E-state index in [1.807, 2.05) is 54.6 Å². The van der Waals surface area contributed by atoms with Crippen LogP contribution in [0.3, 0.4) is 0 Å². The molecule has 15 nitrogen and oxygen atoms in total. The second kappa shape index (κ2) is 20.2. The molecule has 0 aliphatic carbocycles. The van der Waals surface area contributed by atoms with Crippen molar-refractivity contribution in [3.63, 3.8) is 0 Å². The number of H-pyrrole nitrogens is 3. The van der Waals surface area contributed by atoms with Crippen molar-refractivity contribution in [1.29, 1.82) is 10.5 Å². The Morgan fingerprint density at radius 1 is 0.636 bits per heavy atom. The Morgan fingerprint density at radius 2 is 0.864 bits per heavy atom. The van der Waals surface area contributed by atoms with Gasteiger partial charge in [-0.3, -0.25) is 4.90 Å². The molecule has 0 aliphatic heterocycles. The SMILES string of the molecule is CC#N.CC#N.O=N[O-].O=N[O-].[Cu+2].c1ccc2[nH]c(CN(Cc3nc4ccccc4[nH]3)Cc3nc4ccccc4[nH]3)nc2c1. The number of imidazole rings is 3. The van der Waals surface area contributed by atoms with Crippen molar-refractivity contribution < 1.29 is 17.1 Å². The molecule has 0 fully saturated rings. The van der Waals surface area contributed by atoms with Gasteiger partial charge in [0.05, 0.1) is 64.9 Å². The van der Waals surface area contributed by atoms with Crippen LogP contribution in [-0.4, -0.2) is 34.8 Å². The Kier molecular flexibility index (Phi) is 16.7. The molecule has 0 bridgehead atoms. The summed E-state index contributed by atoms with van der Waals surface area (Å²) < 4.78 is 0. The van der Waals surface area contributed by atoms with E-state index in [2.05, 4.69) is 38.1 Å². The van der Waals surface area contributed by atoms with Crippen LogP contribution in [0.25, 0.3) is 33.1 Å². The number of rotatable bonds is 6. The molecule has 0 saturated heterocycles. The number of para-hydroxylation sites is 6. The largest absolute Gasteiger partial charge is 2.00 e. The molecular weight excluding hydrogens is 618 g/mol. The van der Waals surface area contributed by atoms with Crippen molar-refractivity contribution in [2.75, 3.05) is 0 Å². The number of fused-ring (bicyclic) bond motifs is 3. The van der Waals surface area contributed by atoms with E-state index in [0.717, 1.165) is 61.3 Å². The van der Waals surface area contributed by atoms with Gasteiger partial charge < -0.3 is 35.2 Å². The van der Waals surface area contributed by atoms with Crippen LogP contribution in [-0.2, 0) is 36.7 Å². The van der Waals surface area contributed by atoms with Gasteiger partial charge in [0.2, 0.25) is 0 Å². The van der Waals surface area contributed by atoms with E-state index < -0.39 is 0 Å². The topological polar surface area (TPSA) is 242 Å². The second-order valence-corrected chi connectivity index (χ2v) is 8.34. The summed E-state index contributed by atoms with van der Waals surface area (Å²) in [5, 5.41) is 32.6. The van der Waals surface area contributed by atoms with Gasteiger partial charge in [0.1, 0.15) is 17.5 Å². The van der Waals surface area contributed by atoms with E-state index >= 15 is 0 Å².